The summed E-state index contributed by atoms with van der Waals surface area (Å²) in [5.74, 6) is 1.04. The molecule has 0 aliphatic rings. The molecule has 0 aliphatic carbocycles. The number of nitrogens with zero attached hydrogens (tertiary/aromatic N) is 3. The van der Waals surface area contributed by atoms with Gasteiger partial charge in [-0.2, -0.15) is 0 Å². The number of alkyl halides is 1. The maximum absolute atomic E-state index is 4.48. The molecule has 1 aromatic heterocycles. The van der Waals surface area contributed by atoms with Crippen LogP contribution in [-0.2, 0) is 0 Å². The van der Waals surface area contributed by atoms with E-state index in [1.54, 1.807) is 6.33 Å². The SMILES string of the molecule is CC(C)N(CCCBr)c1ncnc2ccccc12. The van der Waals surface area contributed by atoms with Gasteiger partial charge < -0.3 is 4.90 Å². The minimum atomic E-state index is 0.433. The molecule has 4 heteroatoms. The van der Waals surface area contributed by atoms with Crippen LogP contribution in [0.4, 0.5) is 5.82 Å². The topological polar surface area (TPSA) is 29.0 Å². The van der Waals surface area contributed by atoms with Crippen LogP contribution < -0.4 is 4.90 Å². The van der Waals surface area contributed by atoms with Gasteiger partial charge in [0.15, 0.2) is 0 Å². The van der Waals surface area contributed by atoms with Gasteiger partial charge in [0.2, 0.25) is 0 Å². The van der Waals surface area contributed by atoms with Gasteiger partial charge in [-0.15, -0.1) is 0 Å². The molecular weight excluding hydrogens is 290 g/mol. The van der Waals surface area contributed by atoms with Crippen LogP contribution in [0.1, 0.15) is 20.3 Å². The highest BCUT2D eigenvalue weighted by molar-refractivity contribution is 9.09. The fourth-order valence-corrected chi connectivity index (χ4v) is 2.31. The van der Waals surface area contributed by atoms with Gasteiger partial charge in [0.25, 0.3) is 0 Å². The van der Waals surface area contributed by atoms with Gasteiger partial charge in [0.05, 0.1) is 5.52 Å². The lowest BCUT2D eigenvalue weighted by molar-refractivity contribution is 0.667. The lowest BCUT2D eigenvalue weighted by Gasteiger charge is -2.28. The Hall–Kier alpha value is -1.16. The van der Waals surface area contributed by atoms with Gasteiger partial charge in [-0.05, 0) is 32.4 Å². The van der Waals surface area contributed by atoms with Gasteiger partial charge in [0, 0.05) is 23.3 Å². The Balaban J connectivity index is 2.43. The molecule has 96 valence electrons. The normalized spacial score (nSPS) is 11.1. The minimum Gasteiger partial charge on any atom is -0.354 e. The van der Waals surface area contributed by atoms with Crippen LogP contribution in [0.15, 0.2) is 30.6 Å². The summed E-state index contributed by atoms with van der Waals surface area (Å²) in [5.41, 5.74) is 1.01. The van der Waals surface area contributed by atoms with Crippen molar-refractivity contribution in [2.24, 2.45) is 0 Å². The summed E-state index contributed by atoms with van der Waals surface area (Å²) in [6, 6.07) is 8.61. The first-order valence-electron chi connectivity index (χ1n) is 6.26. The third-order valence-electron chi connectivity index (χ3n) is 2.95. The monoisotopic (exact) mass is 307 g/mol. The van der Waals surface area contributed by atoms with Crippen molar-refractivity contribution in [3.05, 3.63) is 30.6 Å². The molecule has 0 bridgehead atoms. The molecule has 1 heterocycles. The number of fused-ring (bicyclic) bond motifs is 1. The van der Waals surface area contributed by atoms with Crippen molar-refractivity contribution in [3.8, 4) is 0 Å². The number of hydrogen-bond acceptors (Lipinski definition) is 3. The lowest BCUT2D eigenvalue weighted by Crippen LogP contribution is -2.32. The van der Waals surface area contributed by atoms with Crippen LogP contribution in [0, 0.1) is 0 Å². The van der Waals surface area contributed by atoms with Crippen LogP contribution in [0.3, 0.4) is 0 Å². The van der Waals surface area contributed by atoms with Crippen LogP contribution in [0.25, 0.3) is 10.9 Å². The van der Waals surface area contributed by atoms with Gasteiger partial charge >= 0.3 is 0 Å². The van der Waals surface area contributed by atoms with E-state index in [0.29, 0.717) is 6.04 Å². The summed E-state index contributed by atoms with van der Waals surface area (Å²) < 4.78 is 0. The maximum atomic E-state index is 4.48. The molecule has 0 unspecified atom stereocenters. The van der Waals surface area contributed by atoms with Crippen molar-refractivity contribution in [1.29, 1.82) is 0 Å². The predicted octanol–water partition coefficient (Wildman–Crippen LogP) is 3.63. The molecule has 0 spiro atoms. The third-order valence-corrected chi connectivity index (χ3v) is 3.51. The van der Waals surface area contributed by atoms with Crippen molar-refractivity contribution in [1.82, 2.24) is 9.97 Å². The van der Waals surface area contributed by atoms with Gasteiger partial charge in [0.1, 0.15) is 12.1 Å². The zero-order valence-corrected chi connectivity index (χ0v) is 12.4. The second kappa shape index (κ2) is 6.14. The Labute approximate surface area is 116 Å². The Morgan fingerprint density at radius 3 is 2.72 bits per heavy atom. The Kier molecular flexibility index (Phi) is 4.53. The Morgan fingerprint density at radius 2 is 2.00 bits per heavy atom. The Morgan fingerprint density at radius 1 is 1.22 bits per heavy atom. The molecule has 0 aliphatic heterocycles. The largest absolute Gasteiger partial charge is 0.354 e. The molecule has 0 N–H and O–H groups in total. The van der Waals surface area contributed by atoms with Crippen molar-refractivity contribution in [2.75, 3.05) is 16.8 Å². The highest BCUT2D eigenvalue weighted by atomic mass is 79.9. The molecule has 3 nitrogen and oxygen atoms in total. The average molecular weight is 308 g/mol. The minimum absolute atomic E-state index is 0.433. The summed E-state index contributed by atoms with van der Waals surface area (Å²) in [5, 5.41) is 2.14. The number of rotatable bonds is 5. The average Bonchev–Trinajstić information content (AvgIpc) is 2.39. The molecule has 18 heavy (non-hydrogen) atoms. The molecule has 2 aromatic rings. The van der Waals surface area contributed by atoms with Gasteiger partial charge in [-0.1, -0.05) is 28.1 Å². The first kappa shape index (κ1) is 13.3. The van der Waals surface area contributed by atoms with E-state index in [4.69, 9.17) is 0 Å². The number of anilines is 1. The highest BCUT2D eigenvalue weighted by Gasteiger charge is 2.14. The number of para-hydroxylation sites is 1. The second-order valence-electron chi connectivity index (χ2n) is 4.54. The van der Waals surface area contributed by atoms with E-state index in [2.05, 4.69) is 50.7 Å². The fraction of sp³-hybridized carbons (Fsp3) is 0.429. The Bertz CT molecular complexity index is 508. The zero-order chi connectivity index (χ0) is 13.0. The maximum Gasteiger partial charge on any atom is 0.140 e. The molecular formula is C14H18BrN3. The number of benzene rings is 1. The lowest BCUT2D eigenvalue weighted by atomic mass is 10.2. The molecule has 0 fully saturated rings. The van der Waals surface area contributed by atoms with Crippen LogP contribution in [0.2, 0.25) is 0 Å². The standard InChI is InChI=1S/C14H18BrN3/c1-11(2)18(9-5-8-15)14-12-6-3-4-7-13(12)16-10-17-14/h3-4,6-7,10-11H,5,8-9H2,1-2H3. The first-order valence-corrected chi connectivity index (χ1v) is 7.38. The van der Waals surface area contributed by atoms with Gasteiger partial charge in [-0.25, -0.2) is 9.97 Å². The first-order chi connectivity index (χ1) is 8.74. The van der Waals surface area contributed by atoms with E-state index in [9.17, 15) is 0 Å². The third kappa shape index (κ3) is 2.80. The van der Waals surface area contributed by atoms with E-state index >= 15 is 0 Å². The number of aromatic nitrogens is 2. The van der Waals surface area contributed by atoms with Crippen LogP contribution in [-0.4, -0.2) is 27.9 Å². The summed E-state index contributed by atoms with van der Waals surface area (Å²) in [7, 11) is 0. The second-order valence-corrected chi connectivity index (χ2v) is 5.34. The van der Waals surface area contributed by atoms with E-state index in [1.807, 2.05) is 18.2 Å². The number of hydrogen-bond donors (Lipinski definition) is 0. The molecule has 0 atom stereocenters. The summed E-state index contributed by atoms with van der Waals surface area (Å²) in [4.78, 5) is 11.1. The molecule has 1 aromatic carbocycles. The summed E-state index contributed by atoms with van der Waals surface area (Å²) >= 11 is 3.49. The van der Waals surface area contributed by atoms with Crippen LogP contribution >= 0.6 is 15.9 Å². The summed E-state index contributed by atoms with van der Waals surface area (Å²) in [6.07, 6.45) is 2.76. The smallest absolute Gasteiger partial charge is 0.140 e. The molecule has 0 saturated carbocycles. The quantitative estimate of drug-likeness (QED) is 0.790. The fourth-order valence-electron chi connectivity index (χ4n) is 2.06. The van der Waals surface area contributed by atoms with Crippen molar-refractivity contribution >= 4 is 32.7 Å². The number of halogens is 1. The van der Waals surface area contributed by atoms with E-state index < -0.39 is 0 Å². The van der Waals surface area contributed by atoms with Crippen molar-refractivity contribution in [3.63, 3.8) is 0 Å². The van der Waals surface area contributed by atoms with Gasteiger partial charge in [-0.3, -0.25) is 0 Å². The van der Waals surface area contributed by atoms with Crippen molar-refractivity contribution < 1.29 is 0 Å². The molecule has 0 radical (unpaired) electrons. The molecule has 2 rings (SSSR count). The van der Waals surface area contributed by atoms with Crippen molar-refractivity contribution in [2.45, 2.75) is 26.3 Å². The predicted molar refractivity (Wildman–Crippen MR) is 80.4 cm³/mol. The zero-order valence-electron chi connectivity index (χ0n) is 10.8. The summed E-state index contributed by atoms with van der Waals surface area (Å²) in [6.45, 7) is 5.40. The molecule has 0 amide bonds. The highest BCUT2D eigenvalue weighted by Crippen LogP contribution is 2.24. The van der Waals surface area contributed by atoms with Crippen LogP contribution in [0.5, 0.6) is 0 Å². The molecule has 0 saturated heterocycles. The van der Waals surface area contributed by atoms with E-state index in [-0.39, 0.29) is 0 Å². The van der Waals surface area contributed by atoms with E-state index in [1.165, 1.54) is 0 Å². The van der Waals surface area contributed by atoms with E-state index in [0.717, 1.165) is 35.0 Å².